The fraction of sp³-hybridized carbons (Fsp3) is 0.619. The van der Waals surface area contributed by atoms with Crippen LogP contribution in [-0.4, -0.2) is 21.3 Å². The molecule has 1 aromatic rings. The highest BCUT2D eigenvalue weighted by molar-refractivity contribution is 5.71. The standard InChI is InChI=1S/C21H33NO3/c1-6-7-8-9-10-11-12-16-13-14-17(23-3)19-18(16)21(25-5)20(24-4)15(2)22-19/h13-14,21-22H,6-12H2,1-5H3. The number of benzene rings is 1. The minimum atomic E-state index is -0.188. The van der Waals surface area contributed by atoms with Crippen molar-refractivity contribution >= 4 is 5.69 Å². The molecular weight excluding hydrogens is 314 g/mol. The molecule has 1 aromatic carbocycles. The molecule has 140 valence electrons. The summed E-state index contributed by atoms with van der Waals surface area (Å²) in [5, 5.41) is 3.45. The molecule has 1 N–H and O–H groups in total. The van der Waals surface area contributed by atoms with Crippen LogP contribution in [0.1, 0.15) is 69.6 Å². The Labute approximate surface area is 152 Å². The number of allylic oxidation sites excluding steroid dienone is 1. The first kappa shape index (κ1) is 19.6. The maximum atomic E-state index is 5.81. The second-order valence-corrected chi connectivity index (χ2v) is 6.67. The van der Waals surface area contributed by atoms with Gasteiger partial charge in [0.25, 0.3) is 0 Å². The van der Waals surface area contributed by atoms with Gasteiger partial charge in [0.2, 0.25) is 0 Å². The maximum absolute atomic E-state index is 5.81. The lowest BCUT2D eigenvalue weighted by Gasteiger charge is -2.31. The molecule has 0 spiro atoms. The van der Waals surface area contributed by atoms with Gasteiger partial charge in [0.15, 0.2) is 0 Å². The van der Waals surface area contributed by atoms with E-state index in [1.54, 1.807) is 21.3 Å². The summed E-state index contributed by atoms with van der Waals surface area (Å²) in [5.74, 6) is 1.69. The molecule has 2 rings (SSSR count). The zero-order valence-electron chi connectivity index (χ0n) is 16.4. The fourth-order valence-electron chi connectivity index (χ4n) is 3.62. The van der Waals surface area contributed by atoms with Crippen LogP contribution >= 0.6 is 0 Å². The number of anilines is 1. The van der Waals surface area contributed by atoms with Gasteiger partial charge in [-0.3, -0.25) is 0 Å². The Kier molecular flexibility index (Phi) is 7.63. The third-order valence-electron chi connectivity index (χ3n) is 4.96. The molecule has 0 bridgehead atoms. The Morgan fingerprint density at radius 3 is 2.32 bits per heavy atom. The molecule has 4 heteroatoms. The summed E-state index contributed by atoms with van der Waals surface area (Å²) in [5.41, 5.74) is 4.44. The molecule has 4 nitrogen and oxygen atoms in total. The van der Waals surface area contributed by atoms with Crippen LogP contribution in [0, 0.1) is 0 Å². The molecule has 1 unspecified atom stereocenters. The van der Waals surface area contributed by atoms with E-state index >= 15 is 0 Å². The summed E-state index contributed by atoms with van der Waals surface area (Å²) in [6.45, 7) is 4.26. The van der Waals surface area contributed by atoms with Crippen molar-refractivity contribution < 1.29 is 14.2 Å². The van der Waals surface area contributed by atoms with E-state index in [0.29, 0.717) is 0 Å². The summed E-state index contributed by atoms with van der Waals surface area (Å²) < 4.78 is 17.0. The lowest BCUT2D eigenvalue weighted by Crippen LogP contribution is -2.21. The Hall–Kier alpha value is -1.68. The molecule has 0 aliphatic carbocycles. The summed E-state index contributed by atoms with van der Waals surface area (Å²) in [4.78, 5) is 0. The van der Waals surface area contributed by atoms with E-state index in [-0.39, 0.29) is 6.10 Å². The summed E-state index contributed by atoms with van der Waals surface area (Å²) in [6.07, 6.45) is 8.63. The van der Waals surface area contributed by atoms with E-state index in [2.05, 4.69) is 24.4 Å². The quantitative estimate of drug-likeness (QED) is 0.560. The van der Waals surface area contributed by atoms with Crippen LogP contribution < -0.4 is 10.1 Å². The van der Waals surface area contributed by atoms with E-state index in [4.69, 9.17) is 14.2 Å². The minimum absolute atomic E-state index is 0.188. The number of hydrogen-bond acceptors (Lipinski definition) is 4. The van der Waals surface area contributed by atoms with E-state index in [9.17, 15) is 0 Å². The van der Waals surface area contributed by atoms with Crippen molar-refractivity contribution in [1.29, 1.82) is 0 Å². The lowest BCUT2D eigenvalue weighted by atomic mass is 9.91. The average Bonchev–Trinajstić information content (AvgIpc) is 2.63. The highest BCUT2D eigenvalue weighted by Gasteiger charge is 2.31. The first-order valence-electron chi connectivity index (χ1n) is 9.42. The Balaban J connectivity index is 2.22. The number of rotatable bonds is 10. The van der Waals surface area contributed by atoms with Gasteiger partial charge >= 0.3 is 0 Å². The van der Waals surface area contributed by atoms with Crippen molar-refractivity contribution in [3.8, 4) is 5.75 Å². The van der Waals surface area contributed by atoms with Crippen molar-refractivity contribution in [2.75, 3.05) is 26.6 Å². The molecule has 25 heavy (non-hydrogen) atoms. The van der Waals surface area contributed by atoms with E-state index < -0.39 is 0 Å². The number of ether oxygens (including phenoxy) is 3. The van der Waals surface area contributed by atoms with Gasteiger partial charge in [-0.2, -0.15) is 0 Å². The zero-order chi connectivity index (χ0) is 18.2. The molecule has 0 amide bonds. The van der Waals surface area contributed by atoms with Crippen LogP contribution in [0.2, 0.25) is 0 Å². The Morgan fingerprint density at radius 1 is 0.960 bits per heavy atom. The van der Waals surface area contributed by atoms with Crippen molar-refractivity contribution in [1.82, 2.24) is 0 Å². The van der Waals surface area contributed by atoms with Gasteiger partial charge in [-0.1, -0.05) is 45.1 Å². The normalized spacial score (nSPS) is 16.4. The predicted octanol–water partition coefficient (Wildman–Crippen LogP) is 5.59. The lowest BCUT2D eigenvalue weighted by molar-refractivity contribution is 0.0749. The van der Waals surface area contributed by atoms with Gasteiger partial charge in [0.1, 0.15) is 17.6 Å². The molecule has 0 saturated heterocycles. The van der Waals surface area contributed by atoms with Crippen LogP contribution in [0.5, 0.6) is 5.75 Å². The van der Waals surface area contributed by atoms with Crippen LogP contribution in [0.25, 0.3) is 0 Å². The molecule has 0 saturated carbocycles. The second kappa shape index (κ2) is 9.71. The van der Waals surface area contributed by atoms with Gasteiger partial charge in [-0.25, -0.2) is 0 Å². The Bertz CT molecular complexity index is 595. The molecule has 0 radical (unpaired) electrons. The molecule has 1 heterocycles. The van der Waals surface area contributed by atoms with Gasteiger partial charge in [0.05, 0.1) is 25.6 Å². The van der Waals surface area contributed by atoms with Crippen molar-refractivity contribution in [2.24, 2.45) is 0 Å². The van der Waals surface area contributed by atoms with Crippen LogP contribution in [0.15, 0.2) is 23.6 Å². The summed E-state index contributed by atoms with van der Waals surface area (Å²) >= 11 is 0. The minimum Gasteiger partial charge on any atom is -0.496 e. The number of methoxy groups -OCH3 is 3. The Morgan fingerprint density at radius 2 is 1.68 bits per heavy atom. The van der Waals surface area contributed by atoms with E-state index in [0.717, 1.165) is 34.9 Å². The third kappa shape index (κ3) is 4.49. The predicted molar refractivity (Wildman–Crippen MR) is 103 cm³/mol. The van der Waals surface area contributed by atoms with Crippen LogP contribution in [-0.2, 0) is 15.9 Å². The number of fused-ring (bicyclic) bond motifs is 1. The number of aryl methyl sites for hydroxylation is 1. The maximum Gasteiger partial charge on any atom is 0.148 e. The van der Waals surface area contributed by atoms with Gasteiger partial charge < -0.3 is 19.5 Å². The third-order valence-corrected chi connectivity index (χ3v) is 4.96. The SMILES string of the molecule is CCCCCCCCc1ccc(OC)c2c1C(OC)C(OC)=C(C)N2. The molecular formula is C21H33NO3. The van der Waals surface area contributed by atoms with E-state index in [1.165, 1.54) is 44.1 Å². The fourth-order valence-corrected chi connectivity index (χ4v) is 3.62. The molecule has 1 aliphatic rings. The van der Waals surface area contributed by atoms with E-state index in [1.807, 2.05) is 6.92 Å². The highest BCUT2D eigenvalue weighted by Crippen LogP contribution is 2.45. The first-order chi connectivity index (χ1) is 12.2. The molecule has 1 atom stereocenters. The number of hydrogen-bond donors (Lipinski definition) is 1. The van der Waals surface area contributed by atoms with Crippen molar-refractivity contribution in [3.05, 3.63) is 34.7 Å². The summed E-state index contributed by atoms with van der Waals surface area (Å²) in [7, 11) is 5.14. The van der Waals surface area contributed by atoms with Crippen molar-refractivity contribution in [3.63, 3.8) is 0 Å². The topological polar surface area (TPSA) is 39.7 Å². The largest absolute Gasteiger partial charge is 0.496 e. The average molecular weight is 347 g/mol. The van der Waals surface area contributed by atoms with Crippen LogP contribution in [0.4, 0.5) is 5.69 Å². The number of unbranched alkanes of at least 4 members (excludes halogenated alkanes) is 5. The molecule has 1 aliphatic heterocycles. The smallest absolute Gasteiger partial charge is 0.148 e. The number of nitrogens with one attached hydrogen (secondary N) is 1. The van der Waals surface area contributed by atoms with Crippen molar-refractivity contribution in [2.45, 2.75) is 64.9 Å². The van der Waals surface area contributed by atoms with Gasteiger partial charge in [-0.05, 0) is 31.4 Å². The molecule has 0 aromatic heterocycles. The van der Waals surface area contributed by atoms with Gasteiger partial charge in [-0.15, -0.1) is 0 Å². The monoisotopic (exact) mass is 347 g/mol. The first-order valence-corrected chi connectivity index (χ1v) is 9.42. The zero-order valence-corrected chi connectivity index (χ0v) is 16.4. The molecule has 0 fully saturated rings. The van der Waals surface area contributed by atoms with Gasteiger partial charge in [0, 0.05) is 12.7 Å². The van der Waals surface area contributed by atoms with Crippen LogP contribution in [0.3, 0.4) is 0 Å². The summed E-state index contributed by atoms with van der Waals surface area (Å²) in [6, 6.07) is 4.22. The second-order valence-electron chi connectivity index (χ2n) is 6.67. The highest BCUT2D eigenvalue weighted by atomic mass is 16.5.